The zero-order valence-electron chi connectivity index (χ0n) is 15.9. The van der Waals surface area contributed by atoms with Crippen LogP contribution in [0.1, 0.15) is 16.7 Å². The van der Waals surface area contributed by atoms with Gasteiger partial charge in [-0.1, -0.05) is 29.8 Å². The summed E-state index contributed by atoms with van der Waals surface area (Å²) in [6, 6.07) is 17.4. The number of nitrogens with zero attached hydrogens (tertiary/aromatic N) is 1. The smallest absolute Gasteiger partial charge is 0.416 e. The lowest BCUT2D eigenvalue weighted by Crippen LogP contribution is -2.05. The first-order chi connectivity index (χ1) is 14.3. The number of benzene rings is 3. The molecule has 0 aliphatic heterocycles. The first kappa shape index (κ1) is 21.5. The Labute approximate surface area is 176 Å². The van der Waals surface area contributed by atoms with Gasteiger partial charge in [-0.15, -0.1) is 0 Å². The molecule has 0 aliphatic rings. The van der Waals surface area contributed by atoms with Crippen molar-refractivity contribution >= 4 is 23.5 Å². The van der Waals surface area contributed by atoms with Crippen molar-refractivity contribution in [3.63, 3.8) is 0 Å². The van der Waals surface area contributed by atoms with Gasteiger partial charge in [0.15, 0.2) is 11.5 Å². The second-order valence-electron chi connectivity index (χ2n) is 6.28. The zero-order chi connectivity index (χ0) is 21.6. The molecular formula is C22H18ClF3N2O2. The molecule has 0 aliphatic carbocycles. The van der Waals surface area contributed by atoms with Crippen molar-refractivity contribution in [2.75, 3.05) is 12.5 Å². The van der Waals surface area contributed by atoms with Gasteiger partial charge in [-0.2, -0.15) is 18.3 Å². The van der Waals surface area contributed by atoms with Gasteiger partial charge in [-0.3, -0.25) is 5.43 Å². The summed E-state index contributed by atoms with van der Waals surface area (Å²) in [6.07, 6.45) is -2.93. The molecule has 30 heavy (non-hydrogen) atoms. The van der Waals surface area contributed by atoms with Gasteiger partial charge in [0.25, 0.3) is 0 Å². The average molecular weight is 435 g/mol. The van der Waals surface area contributed by atoms with E-state index in [0.29, 0.717) is 28.7 Å². The van der Waals surface area contributed by atoms with Crippen LogP contribution < -0.4 is 14.9 Å². The normalized spacial score (nSPS) is 11.5. The fourth-order valence-corrected chi connectivity index (χ4v) is 2.83. The highest BCUT2D eigenvalue weighted by molar-refractivity contribution is 6.30. The summed E-state index contributed by atoms with van der Waals surface area (Å²) in [5.41, 5.74) is 3.68. The molecule has 0 saturated heterocycles. The van der Waals surface area contributed by atoms with E-state index in [-0.39, 0.29) is 5.69 Å². The number of hydrogen-bond donors (Lipinski definition) is 1. The van der Waals surface area contributed by atoms with Gasteiger partial charge < -0.3 is 9.47 Å². The maximum Gasteiger partial charge on any atom is 0.416 e. The van der Waals surface area contributed by atoms with E-state index in [1.54, 1.807) is 24.3 Å². The Hall–Kier alpha value is -3.19. The molecular weight excluding hydrogens is 417 g/mol. The summed E-state index contributed by atoms with van der Waals surface area (Å²) in [5.74, 6) is 1.04. The van der Waals surface area contributed by atoms with Crippen LogP contribution in [0.2, 0.25) is 5.02 Å². The molecule has 0 unspecified atom stereocenters. The Morgan fingerprint density at radius 3 is 2.53 bits per heavy atom. The van der Waals surface area contributed by atoms with Gasteiger partial charge in [0.1, 0.15) is 6.61 Å². The van der Waals surface area contributed by atoms with Crippen molar-refractivity contribution in [3.05, 3.63) is 88.4 Å². The van der Waals surface area contributed by atoms with E-state index in [2.05, 4.69) is 10.5 Å². The highest BCUT2D eigenvalue weighted by Gasteiger charge is 2.30. The molecule has 0 spiro atoms. The number of ether oxygens (including phenoxy) is 2. The number of alkyl halides is 3. The summed E-state index contributed by atoms with van der Waals surface area (Å²) in [4.78, 5) is 0. The number of halogens is 4. The van der Waals surface area contributed by atoms with E-state index < -0.39 is 11.7 Å². The fraction of sp³-hybridized carbons (Fsp3) is 0.136. The molecule has 0 radical (unpaired) electrons. The Balaban J connectivity index is 1.66. The largest absolute Gasteiger partial charge is 0.493 e. The van der Waals surface area contributed by atoms with Crippen LogP contribution in [-0.2, 0) is 12.8 Å². The lowest BCUT2D eigenvalue weighted by molar-refractivity contribution is -0.137. The molecule has 0 aromatic heterocycles. The minimum absolute atomic E-state index is 0.231. The monoisotopic (exact) mass is 434 g/mol. The van der Waals surface area contributed by atoms with Crippen LogP contribution in [-0.4, -0.2) is 13.3 Å². The van der Waals surface area contributed by atoms with E-state index in [1.807, 2.05) is 18.2 Å². The van der Waals surface area contributed by atoms with E-state index in [4.69, 9.17) is 21.1 Å². The maximum absolute atomic E-state index is 12.8. The molecule has 0 fully saturated rings. The van der Waals surface area contributed by atoms with Crippen LogP contribution in [0.25, 0.3) is 0 Å². The van der Waals surface area contributed by atoms with Crippen molar-refractivity contribution in [3.8, 4) is 11.5 Å². The van der Waals surface area contributed by atoms with Crippen LogP contribution in [0, 0.1) is 0 Å². The summed E-state index contributed by atoms with van der Waals surface area (Å²) in [6.45, 7) is 0.321. The second kappa shape index (κ2) is 9.54. The summed E-state index contributed by atoms with van der Waals surface area (Å²) in [7, 11) is 1.52. The first-order valence-electron chi connectivity index (χ1n) is 8.87. The van der Waals surface area contributed by atoms with Crippen LogP contribution in [0.4, 0.5) is 18.9 Å². The molecule has 4 nitrogen and oxygen atoms in total. The molecule has 1 N–H and O–H groups in total. The number of anilines is 1. The molecule has 0 atom stereocenters. The lowest BCUT2D eigenvalue weighted by atomic mass is 10.2. The molecule has 3 aromatic carbocycles. The first-order valence-corrected chi connectivity index (χ1v) is 9.24. The third-order valence-electron chi connectivity index (χ3n) is 4.07. The van der Waals surface area contributed by atoms with Crippen molar-refractivity contribution < 1.29 is 22.6 Å². The molecule has 156 valence electrons. The van der Waals surface area contributed by atoms with Gasteiger partial charge in [-0.05, 0) is 59.7 Å². The number of methoxy groups -OCH3 is 1. The van der Waals surface area contributed by atoms with Gasteiger partial charge in [-0.25, -0.2) is 0 Å². The standard InChI is InChI=1S/C22H18ClF3N2O2/c1-29-21-11-15(8-9-20(21)30-14-16-4-2-6-18(23)10-16)13-27-28-19-7-3-5-17(12-19)22(24,25)26/h2-13,28H,14H2,1H3. The number of rotatable bonds is 7. The minimum atomic E-state index is -4.41. The van der Waals surface area contributed by atoms with Crippen LogP contribution >= 0.6 is 11.6 Å². The maximum atomic E-state index is 12.8. The Morgan fingerprint density at radius 1 is 1.00 bits per heavy atom. The van der Waals surface area contributed by atoms with E-state index in [9.17, 15) is 13.2 Å². The number of hydrogen-bond acceptors (Lipinski definition) is 4. The van der Waals surface area contributed by atoms with E-state index >= 15 is 0 Å². The molecule has 0 heterocycles. The predicted octanol–water partition coefficient (Wildman–Crippen LogP) is 6.39. The topological polar surface area (TPSA) is 42.8 Å². The molecule has 8 heteroatoms. The summed E-state index contributed by atoms with van der Waals surface area (Å²) in [5, 5.41) is 4.62. The van der Waals surface area contributed by atoms with E-state index in [1.165, 1.54) is 25.5 Å². The summed E-state index contributed by atoms with van der Waals surface area (Å²) >= 11 is 5.97. The fourth-order valence-electron chi connectivity index (χ4n) is 2.62. The lowest BCUT2D eigenvalue weighted by Gasteiger charge is -2.11. The highest BCUT2D eigenvalue weighted by atomic mass is 35.5. The third-order valence-corrected chi connectivity index (χ3v) is 4.30. The summed E-state index contributed by atoms with van der Waals surface area (Å²) < 4.78 is 49.5. The molecule has 0 bridgehead atoms. The molecule has 3 rings (SSSR count). The van der Waals surface area contributed by atoms with Crippen LogP contribution in [0.3, 0.4) is 0 Å². The minimum Gasteiger partial charge on any atom is -0.493 e. The van der Waals surface area contributed by atoms with E-state index in [0.717, 1.165) is 17.7 Å². The highest BCUT2D eigenvalue weighted by Crippen LogP contribution is 2.31. The van der Waals surface area contributed by atoms with Crippen molar-refractivity contribution in [2.24, 2.45) is 5.10 Å². The Kier molecular flexibility index (Phi) is 6.84. The van der Waals surface area contributed by atoms with Crippen molar-refractivity contribution in [1.82, 2.24) is 0 Å². The number of nitrogens with one attached hydrogen (secondary N) is 1. The Morgan fingerprint density at radius 2 is 1.80 bits per heavy atom. The van der Waals surface area contributed by atoms with Gasteiger partial charge in [0.05, 0.1) is 24.6 Å². The third kappa shape index (κ3) is 5.90. The van der Waals surface area contributed by atoms with Gasteiger partial charge in [0, 0.05) is 5.02 Å². The van der Waals surface area contributed by atoms with Crippen LogP contribution in [0.5, 0.6) is 11.5 Å². The van der Waals surface area contributed by atoms with Gasteiger partial charge in [0.2, 0.25) is 0 Å². The number of hydrazone groups is 1. The molecule has 0 saturated carbocycles. The SMILES string of the molecule is COc1cc(C=NNc2cccc(C(F)(F)F)c2)ccc1OCc1cccc(Cl)c1. The Bertz CT molecular complexity index is 1040. The second-order valence-corrected chi connectivity index (χ2v) is 6.71. The van der Waals surface area contributed by atoms with Gasteiger partial charge >= 0.3 is 6.18 Å². The van der Waals surface area contributed by atoms with Crippen molar-refractivity contribution in [1.29, 1.82) is 0 Å². The van der Waals surface area contributed by atoms with Crippen molar-refractivity contribution in [2.45, 2.75) is 12.8 Å². The zero-order valence-corrected chi connectivity index (χ0v) is 16.7. The predicted molar refractivity (Wildman–Crippen MR) is 111 cm³/mol. The quantitative estimate of drug-likeness (QED) is 0.346. The molecule has 3 aromatic rings. The van der Waals surface area contributed by atoms with Crippen LogP contribution in [0.15, 0.2) is 71.8 Å². The average Bonchev–Trinajstić information content (AvgIpc) is 2.72. The molecule has 0 amide bonds.